The van der Waals surface area contributed by atoms with Gasteiger partial charge in [0, 0.05) is 32.7 Å². The average molecular weight is 349 g/mol. The van der Waals surface area contributed by atoms with Crippen LogP contribution in [0.4, 0.5) is 0 Å². The van der Waals surface area contributed by atoms with Gasteiger partial charge >= 0.3 is 0 Å². The Balaban J connectivity index is 0.00000208. The molecule has 0 amide bonds. The van der Waals surface area contributed by atoms with Crippen molar-refractivity contribution >= 4 is 12.4 Å². The summed E-state index contributed by atoms with van der Waals surface area (Å²) in [6.07, 6.45) is 0. The maximum atomic E-state index is 5.91. The monoisotopic (exact) mass is 348 g/mol. The molecule has 0 radical (unpaired) electrons. The number of rotatable bonds is 6. The van der Waals surface area contributed by atoms with E-state index in [4.69, 9.17) is 9.47 Å². The first-order valence-corrected chi connectivity index (χ1v) is 8.12. The molecule has 1 saturated heterocycles. The van der Waals surface area contributed by atoms with Gasteiger partial charge in [0.2, 0.25) is 0 Å². The molecular formula is C19H25ClN2O2. The van der Waals surface area contributed by atoms with Crippen molar-refractivity contribution in [1.82, 2.24) is 10.2 Å². The molecule has 3 rings (SSSR count). The maximum Gasteiger partial charge on any atom is 0.161 e. The SMILES string of the molecule is COc1cc(CN2CCNCC2)ccc1OCc1ccccc1.Cl. The number of methoxy groups -OCH3 is 1. The van der Waals surface area contributed by atoms with Crippen LogP contribution < -0.4 is 14.8 Å². The number of nitrogens with one attached hydrogen (secondary N) is 1. The summed E-state index contributed by atoms with van der Waals surface area (Å²) in [6.45, 7) is 5.82. The molecule has 1 N–H and O–H groups in total. The van der Waals surface area contributed by atoms with Crippen LogP contribution in [0.3, 0.4) is 0 Å². The molecule has 1 fully saturated rings. The molecule has 0 aromatic heterocycles. The van der Waals surface area contributed by atoms with Crippen LogP contribution >= 0.6 is 12.4 Å². The molecule has 24 heavy (non-hydrogen) atoms. The lowest BCUT2D eigenvalue weighted by molar-refractivity contribution is 0.232. The van der Waals surface area contributed by atoms with Gasteiger partial charge in [-0.3, -0.25) is 4.90 Å². The van der Waals surface area contributed by atoms with Gasteiger partial charge in [-0.1, -0.05) is 36.4 Å². The summed E-state index contributed by atoms with van der Waals surface area (Å²) in [5, 5.41) is 3.38. The van der Waals surface area contributed by atoms with Crippen molar-refractivity contribution in [3.05, 3.63) is 59.7 Å². The molecule has 2 aromatic carbocycles. The Morgan fingerprint density at radius 3 is 2.42 bits per heavy atom. The molecule has 1 aliphatic heterocycles. The van der Waals surface area contributed by atoms with Gasteiger partial charge < -0.3 is 14.8 Å². The van der Waals surface area contributed by atoms with E-state index in [1.165, 1.54) is 5.56 Å². The van der Waals surface area contributed by atoms with E-state index in [9.17, 15) is 0 Å². The highest BCUT2D eigenvalue weighted by Crippen LogP contribution is 2.29. The van der Waals surface area contributed by atoms with Gasteiger partial charge in [0.05, 0.1) is 7.11 Å². The molecule has 2 aromatic rings. The Hall–Kier alpha value is -1.75. The van der Waals surface area contributed by atoms with Crippen molar-refractivity contribution in [2.45, 2.75) is 13.2 Å². The predicted molar refractivity (Wildman–Crippen MR) is 99.2 cm³/mol. The van der Waals surface area contributed by atoms with Crippen LogP contribution in [0.15, 0.2) is 48.5 Å². The number of ether oxygens (including phenoxy) is 2. The lowest BCUT2D eigenvalue weighted by Gasteiger charge is -2.27. The van der Waals surface area contributed by atoms with E-state index in [0.29, 0.717) is 6.61 Å². The maximum absolute atomic E-state index is 5.91. The van der Waals surface area contributed by atoms with Crippen molar-refractivity contribution < 1.29 is 9.47 Å². The molecule has 5 heteroatoms. The Labute approximate surface area is 150 Å². The van der Waals surface area contributed by atoms with Crippen LogP contribution in [-0.4, -0.2) is 38.2 Å². The molecule has 1 aliphatic rings. The van der Waals surface area contributed by atoms with Crippen LogP contribution in [0.25, 0.3) is 0 Å². The fourth-order valence-corrected chi connectivity index (χ4v) is 2.79. The van der Waals surface area contributed by atoms with Crippen LogP contribution in [-0.2, 0) is 13.2 Å². The molecule has 130 valence electrons. The molecule has 0 unspecified atom stereocenters. The number of hydrogen-bond acceptors (Lipinski definition) is 4. The molecular weight excluding hydrogens is 324 g/mol. The molecule has 0 atom stereocenters. The standard InChI is InChI=1S/C19H24N2O2.ClH/c1-22-19-13-17(14-21-11-9-20-10-12-21)7-8-18(19)23-15-16-5-3-2-4-6-16;/h2-8,13,20H,9-12,14-15H2,1H3;1H. The number of halogens is 1. The first-order valence-electron chi connectivity index (χ1n) is 8.12. The highest BCUT2D eigenvalue weighted by atomic mass is 35.5. The van der Waals surface area contributed by atoms with E-state index >= 15 is 0 Å². The van der Waals surface area contributed by atoms with Gasteiger partial charge in [-0.25, -0.2) is 0 Å². The van der Waals surface area contributed by atoms with Crippen molar-refractivity contribution in [2.24, 2.45) is 0 Å². The number of nitrogens with zero attached hydrogens (tertiary/aromatic N) is 1. The second kappa shape index (κ2) is 9.52. The fourth-order valence-electron chi connectivity index (χ4n) is 2.79. The third kappa shape index (κ3) is 5.13. The van der Waals surface area contributed by atoms with E-state index in [0.717, 1.165) is 49.8 Å². The summed E-state index contributed by atoms with van der Waals surface area (Å²) in [6, 6.07) is 16.4. The second-order valence-corrected chi connectivity index (χ2v) is 5.79. The summed E-state index contributed by atoms with van der Waals surface area (Å²) < 4.78 is 11.4. The third-order valence-corrected chi connectivity index (χ3v) is 4.08. The number of hydrogen-bond donors (Lipinski definition) is 1. The van der Waals surface area contributed by atoms with Gasteiger partial charge in [0.25, 0.3) is 0 Å². The minimum atomic E-state index is 0. The van der Waals surface area contributed by atoms with Gasteiger partial charge in [-0.15, -0.1) is 12.4 Å². The first kappa shape index (κ1) is 18.6. The van der Waals surface area contributed by atoms with Gasteiger partial charge in [-0.2, -0.15) is 0 Å². The van der Waals surface area contributed by atoms with Gasteiger partial charge in [0.1, 0.15) is 6.61 Å². The third-order valence-electron chi connectivity index (χ3n) is 4.08. The summed E-state index contributed by atoms with van der Waals surface area (Å²) in [7, 11) is 1.69. The number of piperazine rings is 1. The van der Waals surface area contributed by atoms with Crippen molar-refractivity contribution in [1.29, 1.82) is 0 Å². The minimum absolute atomic E-state index is 0. The zero-order valence-corrected chi connectivity index (χ0v) is 14.8. The van der Waals surface area contributed by atoms with Crippen LogP contribution in [0, 0.1) is 0 Å². The summed E-state index contributed by atoms with van der Waals surface area (Å²) in [5.74, 6) is 1.59. The first-order chi connectivity index (χ1) is 11.3. The highest BCUT2D eigenvalue weighted by Gasteiger charge is 2.12. The van der Waals surface area contributed by atoms with Crippen LogP contribution in [0.5, 0.6) is 11.5 Å². The largest absolute Gasteiger partial charge is 0.493 e. The summed E-state index contributed by atoms with van der Waals surface area (Å²) >= 11 is 0. The van der Waals surface area contributed by atoms with Crippen molar-refractivity contribution in [3.63, 3.8) is 0 Å². The van der Waals surface area contributed by atoms with E-state index in [1.807, 2.05) is 24.3 Å². The highest BCUT2D eigenvalue weighted by molar-refractivity contribution is 5.85. The minimum Gasteiger partial charge on any atom is -0.493 e. The van der Waals surface area contributed by atoms with E-state index in [-0.39, 0.29) is 12.4 Å². The van der Waals surface area contributed by atoms with E-state index in [2.05, 4.69) is 34.5 Å². The lowest BCUT2D eigenvalue weighted by atomic mass is 10.1. The van der Waals surface area contributed by atoms with Crippen LogP contribution in [0.1, 0.15) is 11.1 Å². The predicted octanol–water partition coefficient (Wildman–Crippen LogP) is 3.10. The quantitative estimate of drug-likeness (QED) is 0.869. The molecule has 1 heterocycles. The zero-order valence-electron chi connectivity index (χ0n) is 14.0. The molecule has 0 bridgehead atoms. The normalized spacial score (nSPS) is 14.7. The zero-order chi connectivity index (χ0) is 15.9. The average Bonchev–Trinajstić information content (AvgIpc) is 2.62. The fraction of sp³-hybridized carbons (Fsp3) is 0.368. The molecule has 0 saturated carbocycles. The Morgan fingerprint density at radius 1 is 0.958 bits per heavy atom. The molecule has 0 aliphatic carbocycles. The van der Waals surface area contributed by atoms with Crippen molar-refractivity contribution in [3.8, 4) is 11.5 Å². The Bertz CT molecular complexity index is 616. The topological polar surface area (TPSA) is 33.7 Å². The Morgan fingerprint density at radius 2 is 1.71 bits per heavy atom. The Kier molecular flexibility index (Phi) is 7.37. The summed E-state index contributed by atoms with van der Waals surface area (Å²) in [4.78, 5) is 2.45. The molecule has 4 nitrogen and oxygen atoms in total. The second-order valence-electron chi connectivity index (χ2n) is 5.79. The van der Waals surface area contributed by atoms with E-state index in [1.54, 1.807) is 7.11 Å². The van der Waals surface area contributed by atoms with E-state index < -0.39 is 0 Å². The van der Waals surface area contributed by atoms with Gasteiger partial charge in [-0.05, 0) is 23.3 Å². The summed E-state index contributed by atoms with van der Waals surface area (Å²) in [5.41, 5.74) is 2.41. The molecule has 0 spiro atoms. The van der Waals surface area contributed by atoms with Gasteiger partial charge in [0.15, 0.2) is 11.5 Å². The van der Waals surface area contributed by atoms with Crippen LogP contribution in [0.2, 0.25) is 0 Å². The smallest absolute Gasteiger partial charge is 0.161 e. The lowest BCUT2D eigenvalue weighted by Crippen LogP contribution is -2.42. The number of benzene rings is 2. The van der Waals surface area contributed by atoms with Crippen molar-refractivity contribution in [2.75, 3.05) is 33.3 Å².